The summed E-state index contributed by atoms with van der Waals surface area (Å²) in [6.07, 6.45) is 6.46. The first-order chi connectivity index (χ1) is 30.6. The number of rotatable bonds is 6. The van der Waals surface area contributed by atoms with Crippen molar-refractivity contribution >= 4 is 45.5 Å². The maximum atomic E-state index is 13.2. The van der Waals surface area contributed by atoms with Crippen LogP contribution in [0.2, 0.25) is 5.15 Å². The molecule has 15 heteroatoms. The number of morpholine rings is 2. The van der Waals surface area contributed by atoms with E-state index in [0.717, 1.165) is 25.7 Å². The number of benzene rings is 2. The summed E-state index contributed by atoms with van der Waals surface area (Å²) in [6, 6.07) is 23.6. The molecule has 0 unspecified atom stereocenters. The first-order valence-corrected chi connectivity index (χ1v) is 22.0. The van der Waals surface area contributed by atoms with Crippen LogP contribution in [-0.2, 0) is 48.2 Å². The average molecular weight is 891 g/mol. The van der Waals surface area contributed by atoms with Crippen LogP contribution in [0.4, 0.5) is 0 Å². The SMILES string of the molecule is C.CCn1cc(C(=O)N2CCOCC2)c(=O)c2nc(Cl)ccc21.CCn1cc(C(=O)N2CCOCC2)c(=O)c2nc(OC3Cc4ccccc4C3)ccc21.OC1Cc2ccccc2C1. The number of halogens is 1. The molecule has 6 aromatic rings. The molecule has 4 aliphatic rings. The lowest BCUT2D eigenvalue weighted by molar-refractivity contribution is 0.0300. The van der Waals surface area contributed by atoms with E-state index < -0.39 is 0 Å². The molecule has 2 fully saturated rings. The molecule has 10 rings (SSSR count). The zero-order valence-electron chi connectivity index (χ0n) is 35.5. The van der Waals surface area contributed by atoms with Gasteiger partial charge >= 0.3 is 0 Å². The highest BCUT2D eigenvalue weighted by molar-refractivity contribution is 6.29. The number of aliphatic hydroxyl groups is 1. The molecule has 0 bridgehead atoms. The van der Waals surface area contributed by atoms with E-state index in [2.05, 4.69) is 34.2 Å². The second-order valence-corrected chi connectivity index (χ2v) is 16.3. The second kappa shape index (κ2) is 20.7. The molecule has 2 aliphatic carbocycles. The summed E-state index contributed by atoms with van der Waals surface area (Å²) in [5, 5.41) is 9.49. The Hall–Kier alpha value is -5.93. The zero-order valence-corrected chi connectivity index (χ0v) is 36.3. The Bertz CT molecular complexity index is 2710. The predicted molar refractivity (Wildman–Crippen MR) is 247 cm³/mol. The average Bonchev–Trinajstić information content (AvgIpc) is 3.92. The Morgan fingerprint density at radius 3 is 1.53 bits per heavy atom. The van der Waals surface area contributed by atoms with Crippen LogP contribution in [0.25, 0.3) is 22.1 Å². The van der Waals surface area contributed by atoms with Crippen molar-refractivity contribution in [3.8, 4) is 5.88 Å². The lowest BCUT2D eigenvalue weighted by atomic mass is 10.1. The Morgan fingerprint density at radius 1 is 0.656 bits per heavy atom. The minimum absolute atomic E-state index is 0. The highest BCUT2D eigenvalue weighted by Gasteiger charge is 2.27. The van der Waals surface area contributed by atoms with Gasteiger partial charge in [-0.15, -0.1) is 0 Å². The Kier molecular flexibility index (Phi) is 14.9. The van der Waals surface area contributed by atoms with Crippen molar-refractivity contribution < 1.29 is 28.9 Å². The molecule has 0 atom stereocenters. The molecule has 4 aromatic heterocycles. The number of carbonyl (C=O) groups excluding carboxylic acids is 2. The van der Waals surface area contributed by atoms with Gasteiger partial charge in [0.05, 0.1) is 43.6 Å². The Morgan fingerprint density at radius 2 is 1.08 bits per heavy atom. The first kappa shape index (κ1) is 46.1. The van der Waals surface area contributed by atoms with Crippen LogP contribution in [0.3, 0.4) is 0 Å². The summed E-state index contributed by atoms with van der Waals surface area (Å²) in [4.78, 5) is 63.5. The van der Waals surface area contributed by atoms with Gasteiger partial charge in [0, 0.05) is 70.6 Å². The van der Waals surface area contributed by atoms with Crippen molar-refractivity contribution in [3.05, 3.63) is 144 Å². The molecule has 0 spiro atoms. The van der Waals surface area contributed by atoms with E-state index in [0.29, 0.717) is 82.6 Å². The van der Waals surface area contributed by atoms with Gasteiger partial charge in [-0.05, 0) is 67.1 Å². The smallest absolute Gasteiger partial charge is 0.259 e. The fourth-order valence-electron chi connectivity index (χ4n) is 8.56. The maximum absolute atomic E-state index is 13.2. The maximum Gasteiger partial charge on any atom is 0.259 e. The third kappa shape index (κ3) is 10.1. The van der Waals surface area contributed by atoms with E-state index >= 15 is 0 Å². The number of amides is 2. The fraction of sp³-hybridized carbons (Fsp3) is 0.388. The molecule has 1 N–H and O–H groups in total. The fourth-order valence-corrected chi connectivity index (χ4v) is 8.71. The number of hydrogen-bond donors (Lipinski definition) is 1. The van der Waals surface area contributed by atoms with E-state index in [4.69, 9.17) is 25.8 Å². The number of nitrogens with zero attached hydrogens (tertiary/aromatic N) is 6. The molecule has 0 saturated carbocycles. The van der Waals surface area contributed by atoms with E-state index in [1.165, 1.54) is 22.3 Å². The van der Waals surface area contributed by atoms with Gasteiger partial charge in [-0.3, -0.25) is 19.2 Å². The monoisotopic (exact) mass is 890 g/mol. The van der Waals surface area contributed by atoms with Crippen molar-refractivity contribution in [2.45, 2.75) is 72.3 Å². The van der Waals surface area contributed by atoms with Gasteiger partial charge in [0.1, 0.15) is 33.4 Å². The quantitative estimate of drug-likeness (QED) is 0.204. The zero-order chi connectivity index (χ0) is 44.0. The second-order valence-electron chi connectivity index (χ2n) is 15.9. The van der Waals surface area contributed by atoms with Crippen molar-refractivity contribution in [3.63, 3.8) is 0 Å². The molecule has 6 heterocycles. The minimum atomic E-state index is -0.376. The summed E-state index contributed by atoms with van der Waals surface area (Å²) in [6.45, 7) is 9.09. The highest BCUT2D eigenvalue weighted by Crippen LogP contribution is 2.26. The molecular formula is C49H55ClN6O8. The largest absolute Gasteiger partial charge is 0.474 e. The molecular weight excluding hydrogens is 836 g/mol. The predicted octanol–water partition coefficient (Wildman–Crippen LogP) is 5.76. The third-order valence-electron chi connectivity index (χ3n) is 11.9. The van der Waals surface area contributed by atoms with Gasteiger partial charge in [0.15, 0.2) is 0 Å². The first-order valence-electron chi connectivity index (χ1n) is 21.6. The van der Waals surface area contributed by atoms with Crippen LogP contribution in [-0.4, -0.2) is 111 Å². The van der Waals surface area contributed by atoms with E-state index in [9.17, 15) is 24.3 Å². The standard InChI is InChI=1S/C24H25N3O4.C15H16ClN3O3.C9H10O.CH4/c1-2-26-15-19(24(29)27-9-11-30-12-10-27)23(28)22-20(26)7-8-21(25-22)31-18-13-16-5-3-4-6-17(16)14-18;1-2-18-9-10(15(21)19-5-7-22-8-6-19)14(20)13-11(18)3-4-12(16)17-13;10-9-5-7-3-1-2-4-8(7)6-9;/h3-8,15,18H,2,9-14H2,1H3;3-4,9H,2,5-8H2,1H3;1-4,9-10H,5-6H2;1H4. The molecule has 2 saturated heterocycles. The highest BCUT2D eigenvalue weighted by atomic mass is 35.5. The van der Waals surface area contributed by atoms with Gasteiger partial charge < -0.3 is 38.3 Å². The third-order valence-corrected chi connectivity index (χ3v) is 12.1. The van der Waals surface area contributed by atoms with Gasteiger partial charge in [0.25, 0.3) is 11.8 Å². The van der Waals surface area contributed by atoms with E-state index in [-0.39, 0.29) is 69.6 Å². The molecule has 14 nitrogen and oxygen atoms in total. The summed E-state index contributed by atoms with van der Waals surface area (Å²) in [5.41, 5.74) is 6.64. The number of aliphatic hydroxyl groups excluding tert-OH is 1. The molecule has 336 valence electrons. The summed E-state index contributed by atoms with van der Waals surface area (Å²) >= 11 is 5.90. The normalized spacial score (nSPS) is 15.9. The van der Waals surface area contributed by atoms with Crippen molar-refractivity contribution in [2.75, 3.05) is 52.6 Å². The van der Waals surface area contributed by atoms with Crippen LogP contribution in [0, 0.1) is 0 Å². The lowest BCUT2D eigenvalue weighted by Gasteiger charge is -2.27. The minimum Gasteiger partial charge on any atom is -0.474 e. The van der Waals surface area contributed by atoms with Crippen LogP contribution in [0.15, 0.2) is 94.8 Å². The topological polar surface area (TPSA) is 158 Å². The number of hydrogen-bond acceptors (Lipinski definition) is 10. The summed E-state index contributed by atoms with van der Waals surface area (Å²) in [7, 11) is 0. The van der Waals surface area contributed by atoms with Gasteiger partial charge in [-0.1, -0.05) is 67.6 Å². The molecule has 0 radical (unpaired) electrons. The van der Waals surface area contributed by atoms with Crippen LogP contribution in [0.1, 0.15) is 64.2 Å². The summed E-state index contributed by atoms with van der Waals surface area (Å²) in [5.74, 6) is -0.128. The van der Waals surface area contributed by atoms with Crippen molar-refractivity contribution in [1.29, 1.82) is 0 Å². The van der Waals surface area contributed by atoms with Gasteiger partial charge in [-0.25, -0.2) is 9.97 Å². The number of aryl methyl sites for hydroxylation is 2. The number of ether oxygens (including phenoxy) is 3. The Balaban J connectivity index is 0.000000161. The number of fused-ring (bicyclic) bond motifs is 4. The van der Waals surface area contributed by atoms with E-state index in [1.807, 2.05) is 53.3 Å². The molecule has 2 aliphatic heterocycles. The lowest BCUT2D eigenvalue weighted by Crippen LogP contribution is -2.42. The van der Waals surface area contributed by atoms with Gasteiger partial charge in [-0.2, -0.15) is 0 Å². The molecule has 2 aromatic carbocycles. The van der Waals surface area contributed by atoms with Crippen molar-refractivity contribution in [2.24, 2.45) is 0 Å². The number of aromatic nitrogens is 4. The van der Waals surface area contributed by atoms with Crippen LogP contribution >= 0.6 is 11.6 Å². The number of pyridine rings is 4. The van der Waals surface area contributed by atoms with Crippen LogP contribution < -0.4 is 15.6 Å². The Labute approximate surface area is 377 Å². The van der Waals surface area contributed by atoms with Gasteiger partial charge in [0.2, 0.25) is 16.7 Å². The summed E-state index contributed by atoms with van der Waals surface area (Å²) < 4.78 is 20.4. The molecule has 2 amide bonds. The van der Waals surface area contributed by atoms with Crippen molar-refractivity contribution in [1.82, 2.24) is 28.9 Å². The number of carbonyl (C=O) groups is 2. The van der Waals surface area contributed by atoms with Crippen LogP contribution in [0.5, 0.6) is 5.88 Å². The van der Waals surface area contributed by atoms with E-state index in [1.54, 1.807) is 40.4 Å². The molecule has 64 heavy (non-hydrogen) atoms.